The Balaban J connectivity index is 1.21. The van der Waals surface area contributed by atoms with Crippen LogP contribution in [-0.2, 0) is 22.4 Å². The Morgan fingerprint density at radius 1 is 1.03 bits per heavy atom. The summed E-state index contributed by atoms with van der Waals surface area (Å²) in [4.78, 5) is 36.8. The predicted octanol–water partition coefficient (Wildman–Crippen LogP) is 5.84. The molecule has 1 unspecified atom stereocenters. The number of carbonyl (C=O) groups is 1. The molecule has 0 radical (unpaired) electrons. The van der Waals surface area contributed by atoms with E-state index in [9.17, 15) is 22.8 Å². The van der Waals surface area contributed by atoms with Gasteiger partial charge in [0.15, 0.2) is 6.10 Å². The molecular formula is C27H23Cl2F3N4O3. The zero-order valence-corrected chi connectivity index (χ0v) is 22.0. The fourth-order valence-corrected chi connectivity index (χ4v) is 5.48. The first kappa shape index (κ1) is 27.2. The Labute approximate surface area is 231 Å². The topological polar surface area (TPSA) is 76.8 Å². The molecule has 12 heteroatoms. The number of piperidine rings is 1. The van der Waals surface area contributed by atoms with Crippen molar-refractivity contribution in [1.82, 2.24) is 14.5 Å². The SMILES string of the molecule is O=C(Cn1cc(C(F)(F)F)ccc1=O)N1CCC(c2cccc(C3=NOC(c4c(Cl)cccc4Cl)C3)n2)CC1. The van der Waals surface area contributed by atoms with Gasteiger partial charge in [-0.15, -0.1) is 0 Å². The van der Waals surface area contributed by atoms with Gasteiger partial charge in [0, 0.05) is 59.0 Å². The Hall–Kier alpha value is -3.37. The molecule has 1 atom stereocenters. The summed E-state index contributed by atoms with van der Waals surface area (Å²) in [5, 5.41) is 5.23. The number of rotatable bonds is 5. The summed E-state index contributed by atoms with van der Waals surface area (Å²) >= 11 is 12.6. The highest BCUT2D eigenvalue weighted by Crippen LogP contribution is 2.38. The van der Waals surface area contributed by atoms with Gasteiger partial charge in [0.1, 0.15) is 12.3 Å². The van der Waals surface area contributed by atoms with Crippen molar-refractivity contribution in [2.24, 2.45) is 5.16 Å². The van der Waals surface area contributed by atoms with Crippen LogP contribution in [0, 0.1) is 0 Å². The fraction of sp³-hybridized carbons (Fsp3) is 0.333. The van der Waals surface area contributed by atoms with Gasteiger partial charge in [-0.05, 0) is 43.2 Å². The van der Waals surface area contributed by atoms with E-state index in [0.29, 0.717) is 71.6 Å². The molecule has 2 aliphatic heterocycles. The smallest absolute Gasteiger partial charge is 0.387 e. The molecule has 5 rings (SSSR count). The van der Waals surface area contributed by atoms with Crippen LogP contribution in [0.3, 0.4) is 0 Å². The third kappa shape index (κ3) is 5.96. The first-order valence-electron chi connectivity index (χ1n) is 12.3. The number of amides is 1. The molecule has 1 fully saturated rings. The summed E-state index contributed by atoms with van der Waals surface area (Å²) in [6, 6.07) is 12.5. The highest BCUT2D eigenvalue weighted by Gasteiger charge is 2.32. The van der Waals surface area contributed by atoms with Crippen LogP contribution in [0.25, 0.3) is 0 Å². The van der Waals surface area contributed by atoms with Crippen molar-refractivity contribution in [3.05, 3.63) is 97.6 Å². The Kier molecular flexibility index (Phi) is 7.68. The predicted molar refractivity (Wildman–Crippen MR) is 140 cm³/mol. The molecule has 2 aliphatic rings. The number of alkyl halides is 3. The minimum atomic E-state index is -4.60. The van der Waals surface area contributed by atoms with Gasteiger partial charge in [-0.1, -0.05) is 40.5 Å². The molecule has 204 valence electrons. The van der Waals surface area contributed by atoms with Gasteiger partial charge in [0.05, 0.1) is 11.3 Å². The first-order chi connectivity index (χ1) is 18.6. The quantitative estimate of drug-likeness (QED) is 0.381. The van der Waals surface area contributed by atoms with Crippen LogP contribution in [0.1, 0.15) is 53.8 Å². The summed E-state index contributed by atoms with van der Waals surface area (Å²) in [7, 11) is 0. The number of halogens is 5. The lowest BCUT2D eigenvalue weighted by Gasteiger charge is -2.32. The zero-order chi connectivity index (χ0) is 27.7. The van der Waals surface area contributed by atoms with Crippen LogP contribution in [0.4, 0.5) is 13.2 Å². The molecule has 3 aromatic rings. The van der Waals surface area contributed by atoms with E-state index < -0.39 is 35.9 Å². The van der Waals surface area contributed by atoms with E-state index in [4.69, 9.17) is 33.0 Å². The maximum atomic E-state index is 13.0. The molecule has 0 bridgehead atoms. The van der Waals surface area contributed by atoms with Gasteiger partial charge < -0.3 is 14.3 Å². The first-order valence-corrected chi connectivity index (χ1v) is 13.0. The van der Waals surface area contributed by atoms with E-state index in [-0.39, 0.29) is 5.92 Å². The number of hydrogen-bond acceptors (Lipinski definition) is 5. The second-order valence-electron chi connectivity index (χ2n) is 9.46. The number of carbonyl (C=O) groups excluding carboxylic acids is 1. The van der Waals surface area contributed by atoms with Gasteiger partial charge in [-0.25, -0.2) is 0 Å². The summed E-state index contributed by atoms with van der Waals surface area (Å²) in [6.45, 7) is 0.359. The second kappa shape index (κ2) is 11.0. The standard InChI is InChI=1S/C27H23Cl2F3N4O3/c28-18-3-1-4-19(29)26(18)23-13-22(34-39-23)21-6-2-5-20(33-21)16-9-11-35(12-10-16)25(38)15-36-14-17(27(30,31)32)7-8-24(36)37/h1-8,14,16,23H,9-13,15H2. The number of likely N-dealkylation sites (tertiary alicyclic amines) is 1. The van der Waals surface area contributed by atoms with Crippen molar-refractivity contribution in [1.29, 1.82) is 0 Å². The number of benzene rings is 1. The van der Waals surface area contributed by atoms with Crippen molar-refractivity contribution in [3.63, 3.8) is 0 Å². The van der Waals surface area contributed by atoms with E-state index in [2.05, 4.69) is 5.16 Å². The van der Waals surface area contributed by atoms with E-state index in [0.717, 1.165) is 16.3 Å². The number of aromatic nitrogens is 2. The highest BCUT2D eigenvalue weighted by atomic mass is 35.5. The normalized spacial score (nSPS) is 18.1. The molecule has 4 heterocycles. The van der Waals surface area contributed by atoms with Gasteiger partial charge in [0.25, 0.3) is 5.56 Å². The molecule has 0 N–H and O–H groups in total. The minimum Gasteiger partial charge on any atom is -0.387 e. The minimum absolute atomic E-state index is 0.0852. The third-order valence-corrected chi connectivity index (χ3v) is 7.60. The summed E-state index contributed by atoms with van der Waals surface area (Å²) in [5.41, 5.74) is 1.26. The Morgan fingerprint density at radius 3 is 2.41 bits per heavy atom. The average Bonchev–Trinajstić information content (AvgIpc) is 3.39. The summed E-state index contributed by atoms with van der Waals surface area (Å²) in [5.74, 6) is -0.319. The number of nitrogens with zero attached hydrogens (tertiary/aromatic N) is 4. The van der Waals surface area contributed by atoms with E-state index in [1.54, 1.807) is 23.1 Å². The lowest BCUT2D eigenvalue weighted by Crippen LogP contribution is -2.41. The fourth-order valence-electron chi connectivity index (χ4n) is 4.83. The zero-order valence-electron chi connectivity index (χ0n) is 20.5. The van der Waals surface area contributed by atoms with Crippen LogP contribution in [0.2, 0.25) is 10.0 Å². The van der Waals surface area contributed by atoms with Gasteiger partial charge >= 0.3 is 6.18 Å². The van der Waals surface area contributed by atoms with Crippen LogP contribution in [0.15, 0.2) is 64.7 Å². The average molecular weight is 579 g/mol. The van der Waals surface area contributed by atoms with E-state index in [1.165, 1.54) is 0 Å². The third-order valence-electron chi connectivity index (χ3n) is 6.94. The molecule has 39 heavy (non-hydrogen) atoms. The van der Waals surface area contributed by atoms with Crippen molar-refractivity contribution in [2.45, 2.75) is 44.0 Å². The van der Waals surface area contributed by atoms with Crippen LogP contribution < -0.4 is 5.56 Å². The molecule has 0 aliphatic carbocycles. The maximum absolute atomic E-state index is 13.0. The Bertz CT molecular complexity index is 1460. The van der Waals surface area contributed by atoms with Crippen LogP contribution in [0.5, 0.6) is 0 Å². The molecular weight excluding hydrogens is 556 g/mol. The largest absolute Gasteiger partial charge is 0.417 e. The second-order valence-corrected chi connectivity index (χ2v) is 10.3. The number of pyridine rings is 2. The Morgan fingerprint density at radius 2 is 1.72 bits per heavy atom. The molecule has 1 amide bonds. The van der Waals surface area contributed by atoms with Crippen LogP contribution >= 0.6 is 23.2 Å². The van der Waals surface area contributed by atoms with Crippen molar-refractivity contribution in [3.8, 4) is 0 Å². The summed E-state index contributed by atoms with van der Waals surface area (Å²) < 4.78 is 39.8. The van der Waals surface area contributed by atoms with Crippen LogP contribution in [-0.4, -0.2) is 39.2 Å². The molecule has 0 saturated carbocycles. The van der Waals surface area contributed by atoms with Gasteiger partial charge in [-0.3, -0.25) is 14.6 Å². The van der Waals surface area contributed by atoms with E-state index >= 15 is 0 Å². The lowest BCUT2D eigenvalue weighted by molar-refractivity contribution is -0.139. The molecule has 7 nitrogen and oxygen atoms in total. The van der Waals surface area contributed by atoms with Crippen molar-refractivity contribution >= 4 is 34.8 Å². The number of hydrogen-bond donors (Lipinski definition) is 0. The van der Waals surface area contributed by atoms with Crippen molar-refractivity contribution < 1.29 is 22.8 Å². The monoisotopic (exact) mass is 578 g/mol. The lowest BCUT2D eigenvalue weighted by atomic mass is 9.92. The number of oxime groups is 1. The van der Waals surface area contributed by atoms with Crippen molar-refractivity contribution in [2.75, 3.05) is 13.1 Å². The summed E-state index contributed by atoms with van der Waals surface area (Å²) in [6.07, 6.45) is -2.62. The molecule has 0 spiro atoms. The maximum Gasteiger partial charge on any atom is 0.417 e. The highest BCUT2D eigenvalue weighted by molar-refractivity contribution is 6.36. The van der Waals surface area contributed by atoms with E-state index in [1.807, 2.05) is 18.2 Å². The molecule has 1 aromatic carbocycles. The molecule has 2 aromatic heterocycles. The van der Waals surface area contributed by atoms with Gasteiger partial charge in [-0.2, -0.15) is 13.2 Å². The molecule has 1 saturated heterocycles. The van der Waals surface area contributed by atoms with Gasteiger partial charge in [0.2, 0.25) is 5.91 Å².